The minimum atomic E-state index is -0.570. The molecule has 3 nitrogen and oxygen atoms in total. The van der Waals surface area contributed by atoms with E-state index in [9.17, 15) is 4.79 Å². The standard InChI is InChI=1S/C25H24ClNO2/c1-15-5-8-19(9-6-15)23-24(29-22-12-10-20(26)13-18(22)4)25(28)27(23)21-11-7-16(2)17(3)14-21/h5-14,23-24H,1-4H3/t23-,24-/m0/s1. The van der Waals surface area contributed by atoms with E-state index in [0.717, 1.165) is 22.4 Å². The van der Waals surface area contributed by atoms with Crippen LogP contribution in [0.5, 0.6) is 5.75 Å². The van der Waals surface area contributed by atoms with Crippen molar-refractivity contribution in [1.29, 1.82) is 0 Å². The van der Waals surface area contributed by atoms with Crippen LogP contribution in [0.25, 0.3) is 0 Å². The third kappa shape index (κ3) is 3.63. The lowest BCUT2D eigenvalue weighted by atomic mass is 9.88. The van der Waals surface area contributed by atoms with Crippen molar-refractivity contribution in [1.82, 2.24) is 0 Å². The minimum Gasteiger partial charge on any atom is -0.478 e. The summed E-state index contributed by atoms with van der Waals surface area (Å²) in [5.41, 5.74) is 6.43. The van der Waals surface area contributed by atoms with Crippen molar-refractivity contribution < 1.29 is 9.53 Å². The summed E-state index contributed by atoms with van der Waals surface area (Å²) in [6, 6.07) is 19.7. The zero-order valence-corrected chi connectivity index (χ0v) is 17.8. The van der Waals surface area contributed by atoms with Gasteiger partial charge in [0.25, 0.3) is 5.91 Å². The molecule has 0 bridgehead atoms. The zero-order valence-electron chi connectivity index (χ0n) is 17.1. The number of anilines is 1. The topological polar surface area (TPSA) is 29.5 Å². The molecule has 1 aliphatic rings. The molecule has 4 rings (SSSR count). The van der Waals surface area contributed by atoms with E-state index in [0.29, 0.717) is 10.8 Å². The van der Waals surface area contributed by atoms with Gasteiger partial charge in [0.1, 0.15) is 11.8 Å². The predicted octanol–water partition coefficient (Wildman–Crippen LogP) is 6.11. The molecule has 0 aromatic heterocycles. The van der Waals surface area contributed by atoms with E-state index in [1.807, 2.05) is 30.0 Å². The van der Waals surface area contributed by atoms with Gasteiger partial charge in [-0.25, -0.2) is 0 Å². The van der Waals surface area contributed by atoms with Crippen LogP contribution >= 0.6 is 11.6 Å². The highest BCUT2D eigenvalue weighted by atomic mass is 35.5. The highest BCUT2D eigenvalue weighted by Gasteiger charge is 2.51. The van der Waals surface area contributed by atoms with Crippen LogP contribution < -0.4 is 9.64 Å². The van der Waals surface area contributed by atoms with Gasteiger partial charge in [-0.15, -0.1) is 0 Å². The molecule has 0 spiro atoms. The maximum Gasteiger partial charge on any atom is 0.271 e. The van der Waals surface area contributed by atoms with Crippen molar-refractivity contribution in [3.63, 3.8) is 0 Å². The Morgan fingerprint density at radius 1 is 0.828 bits per heavy atom. The molecule has 1 aliphatic heterocycles. The monoisotopic (exact) mass is 405 g/mol. The summed E-state index contributed by atoms with van der Waals surface area (Å²) in [6.07, 6.45) is -0.570. The molecule has 0 radical (unpaired) electrons. The number of carbonyl (C=O) groups excluding carboxylic acids is 1. The molecule has 2 atom stereocenters. The van der Waals surface area contributed by atoms with E-state index in [-0.39, 0.29) is 11.9 Å². The third-order valence-corrected chi connectivity index (χ3v) is 5.86. The van der Waals surface area contributed by atoms with Crippen molar-refractivity contribution in [3.8, 4) is 5.75 Å². The molecule has 29 heavy (non-hydrogen) atoms. The first-order valence-corrected chi connectivity index (χ1v) is 10.1. The molecule has 148 valence electrons. The summed E-state index contributed by atoms with van der Waals surface area (Å²) in [7, 11) is 0. The predicted molar refractivity (Wildman–Crippen MR) is 118 cm³/mol. The van der Waals surface area contributed by atoms with Crippen LogP contribution in [0.15, 0.2) is 60.7 Å². The smallest absolute Gasteiger partial charge is 0.271 e. The van der Waals surface area contributed by atoms with E-state index in [1.54, 1.807) is 6.07 Å². The van der Waals surface area contributed by atoms with E-state index >= 15 is 0 Å². The SMILES string of the molecule is Cc1ccc([C@H]2[C@H](Oc3ccc(Cl)cc3C)C(=O)N2c2ccc(C)c(C)c2)cc1. The van der Waals surface area contributed by atoms with E-state index < -0.39 is 6.10 Å². The molecular weight excluding hydrogens is 382 g/mol. The van der Waals surface area contributed by atoms with Crippen molar-refractivity contribution >= 4 is 23.2 Å². The van der Waals surface area contributed by atoms with Crippen molar-refractivity contribution in [2.45, 2.75) is 39.8 Å². The number of carbonyl (C=O) groups is 1. The lowest BCUT2D eigenvalue weighted by Crippen LogP contribution is -2.61. The molecule has 3 aromatic rings. The van der Waals surface area contributed by atoms with Gasteiger partial charge in [-0.3, -0.25) is 9.69 Å². The summed E-state index contributed by atoms with van der Waals surface area (Å²) in [4.78, 5) is 15.0. The van der Waals surface area contributed by atoms with Gasteiger partial charge in [0.15, 0.2) is 0 Å². The molecule has 0 N–H and O–H groups in total. The quantitative estimate of drug-likeness (QED) is 0.490. The maximum atomic E-state index is 13.2. The Labute approximate surface area is 176 Å². The minimum absolute atomic E-state index is 0.0341. The van der Waals surface area contributed by atoms with Gasteiger partial charge in [0, 0.05) is 10.7 Å². The van der Waals surface area contributed by atoms with Crippen LogP contribution in [-0.2, 0) is 4.79 Å². The lowest BCUT2D eigenvalue weighted by molar-refractivity contribution is -0.135. The van der Waals surface area contributed by atoms with Crippen molar-refractivity contribution in [2.24, 2.45) is 0 Å². The number of rotatable bonds is 4. The molecule has 1 fully saturated rings. The molecule has 3 aromatic carbocycles. The van der Waals surface area contributed by atoms with Crippen LogP contribution in [0.4, 0.5) is 5.69 Å². The second-order valence-corrected chi connectivity index (χ2v) is 8.22. The average molecular weight is 406 g/mol. The molecule has 1 amide bonds. The molecule has 4 heteroatoms. The number of hydrogen-bond donors (Lipinski definition) is 0. The summed E-state index contributed by atoms with van der Waals surface area (Å²) in [5, 5.41) is 0.654. The van der Waals surface area contributed by atoms with Gasteiger partial charge in [-0.1, -0.05) is 47.5 Å². The van der Waals surface area contributed by atoms with Crippen LogP contribution in [0.2, 0.25) is 5.02 Å². The Hall–Kier alpha value is -2.78. The van der Waals surface area contributed by atoms with Crippen LogP contribution in [-0.4, -0.2) is 12.0 Å². The molecule has 0 aliphatic carbocycles. The second kappa shape index (κ2) is 7.57. The van der Waals surface area contributed by atoms with Crippen LogP contribution in [0.3, 0.4) is 0 Å². The summed E-state index contributed by atoms with van der Waals surface area (Å²) < 4.78 is 6.20. The maximum absolute atomic E-state index is 13.2. The van der Waals surface area contributed by atoms with Crippen molar-refractivity contribution in [3.05, 3.63) is 93.5 Å². The molecule has 0 saturated carbocycles. The number of halogens is 1. The average Bonchev–Trinajstić information content (AvgIpc) is 2.68. The Morgan fingerprint density at radius 3 is 2.21 bits per heavy atom. The van der Waals surface area contributed by atoms with Gasteiger partial charge < -0.3 is 4.74 Å². The Balaban J connectivity index is 1.71. The van der Waals surface area contributed by atoms with E-state index in [2.05, 4.69) is 57.2 Å². The van der Waals surface area contributed by atoms with Crippen molar-refractivity contribution in [2.75, 3.05) is 4.90 Å². The number of hydrogen-bond acceptors (Lipinski definition) is 2. The fraction of sp³-hybridized carbons (Fsp3) is 0.240. The van der Waals surface area contributed by atoms with Gasteiger partial charge in [0.05, 0.1) is 0 Å². The highest BCUT2D eigenvalue weighted by Crippen LogP contribution is 2.42. The number of nitrogens with zero attached hydrogens (tertiary/aromatic N) is 1. The van der Waals surface area contributed by atoms with Crippen LogP contribution in [0.1, 0.15) is 33.9 Å². The Bertz CT molecular complexity index is 1070. The fourth-order valence-electron chi connectivity index (χ4n) is 3.71. The fourth-order valence-corrected chi connectivity index (χ4v) is 3.94. The third-order valence-electron chi connectivity index (χ3n) is 5.62. The van der Waals surface area contributed by atoms with Gasteiger partial charge in [0.2, 0.25) is 6.10 Å². The molecule has 0 unspecified atom stereocenters. The summed E-state index contributed by atoms with van der Waals surface area (Å²) in [5.74, 6) is 0.651. The normalized spacial score (nSPS) is 18.5. The van der Waals surface area contributed by atoms with Crippen LogP contribution in [0, 0.1) is 27.7 Å². The first-order chi connectivity index (χ1) is 13.8. The summed E-state index contributed by atoms with van der Waals surface area (Å²) >= 11 is 6.07. The Kier molecular flexibility index (Phi) is 5.10. The highest BCUT2D eigenvalue weighted by molar-refractivity contribution is 6.30. The molecule has 1 heterocycles. The number of ether oxygens (including phenoxy) is 1. The first kappa shape index (κ1) is 19.5. The lowest BCUT2D eigenvalue weighted by Gasteiger charge is -2.47. The van der Waals surface area contributed by atoms with Gasteiger partial charge in [-0.2, -0.15) is 0 Å². The van der Waals surface area contributed by atoms with E-state index in [1.165, 1.54) is 11.1 Å². The number of amides is 1. The Morgan fingerprint density at radius 2 is 1.55 bits per heavy atom. The summed E-state index contributed by atoms with van der Waals surface area (Å²) in [6.45, 7) is 8.13. The first-order valence-electron chi connectivity index (χ1n) is 9.75. The number of β-lactam (4-membered cyclic amide) rings is 1. The number of benzene rings is 3. The van der Waals surface area contributed by atoms with Gasteiger partial charge >= 0.3 is 0 Å². The largest absolute Gasteiger partial charge is 0.478 e. The number of aryl methyl sites for hydroxylation is 4. The zero-order chi connectivity index (χ0) is 20.7. The molecular formula is C25H24ClNO2. The van der Waals surface area contributed by atoms with E-state index in [4.69, 9.17) is 16.3 Å². The van der Waals surface area contributed by atoms with Gasteiger partial charge in [-0.05, 0) is 80.3 Å². The second-order valence-electron chi connectivity index (χ2n) is 7.78. The molecule has 1 saturated heterocycles.